The smallest absolute Gasteiger partial charge is 0.256 e. The van der Waals surface area contributed by atoms with Crippen molar-refractivity contribution in [3.63, 3.8) is 0 Å². The number of nitrogens with zero attached hydrogens (tertiary/aromatic N) is 3. The number of hydrogen-bond donors (Lipinski definition) is 4. The normalized spacial score (nSPS) is 10.9. The first-order chi connectivity index (χ1) is 15.9. The van der Waals surface area contributed by atoms with Gasteiger partial charge in [-0.15, -0.1) is 0 Å². The summed E-state index contributed by atoms with van der Waals surface area (Å²) < 4.78 is 1.99. The van der Waals surface area contributed by atoms with E-state index >= 15 is 0 Å². The van der Waals surface area contributed by atoms with Crippen LogP contribution in [0.4, 0.5) is 11.5 Å². The summed E-state index contributed by atoms with van der Waals surface area (Å²) in [6.45, 7) is 9.25. The van der Waals surface area contributed by atoms with E-state index in [1.807, 2.05) is 41.0 Å². The van der Waals surface area contributed by atoms with Gasteiger partial charge < -0.3 is 16.4 Å². The number of nitrogens with two attached hydrogens (primary N) is 1. The molecule has 4 rings (SSSR count). The number of aromatic amines is 1. The SMILES string of the molecule is C=C(NCC(C)C)c1ncc(-c2ccc(C(=O)Nc3cc[nH]n3)cc2)n1-c1ccccc1N. The van der Waals surface area contributed by atoms with Crippen molar-refractivity contribution in [3.8, 4) is 16.9 Å². The molecule has 168 valence electrons. The van der Waals surface area contributed by atoms with Crippen LogP contribution in [0.15, 0.2) is 73.6 Å². The molecule has 0 aliphatic carbocycles. The van der Waals surface area contributed by atoms with E-state index in [9.17, 15) is 4.79 Å². The average Bonchev–Trinajstić information content (AvgIpc) is 3.48. The predicted octanol–water partition coefficient (Wildman–Crippen LogP) is 4.31. The van der Waals surface area contributed by atoms with E-state index in [0.29, 0.717) is 34.5 Å². The lowest BCUT2D eigenvalue weighted by molar-refractivity contribution is 0.102. The summed E-state index contributed by atoms with van der Waals surface area (Å²) in [5.41, 5.74) is 10.7. The molecule has 33 heavy (non-hydrogen) atoms. The molecule has 8 heteroatoms. The van der Waals surface area contributed by atoms with Crippen molar-refractivity contribution in [2.24, 2.45) is 5.92 Å². The van der Waals surface area contributed by atoms with Gasteiger partial charge in [-0.25, -0.2) is 4.98 Å². The topological polar surface area (TPSA) is 114 Å². The lowest BCUT2D eigenvalue weighted by Gasteiger charge is -2.17. The Balaban J connectivity index is 1.69. The molecule has 0 saturated carbocycles. The van der Waals surface area contributed by atoms with E-state index in [1.165, 1.54) is 0 Å². The van der Waals surface area contributed by atoms with Crippen LogP contribution in [0.1, 0.15) is 30.0 Å². The number of rotatable bonds is 8. The standard InChI is InChI=1S/C25H27N7O/c1-16(2)14-27-17(3)24-28-15-22(32(24)21-7-5-4-6-20(21)26)18-8-10-19(11-9-18)25(33)30-23-12-13-29-31-23/h4-13,15-16,27H,3,14,26H2,1-2H3,(H2,29,30,31,33). The van der Waals surface area contributed by atoms with Crippen LogP contribution in [-0.4, -0.2) is 32.2 Å². The summed E-state index contributed by atoms with van der Waals surface area (Å²) in [6.07, 6.45) is 3.44. The Morgan fingerprint density at radius 2 is 1.91 bits per heavy atom. The van der Waals surface area contributed by atoms with Gasteiger partial charge in [-0.05, 0) is 30.2 Å². The molecule has 0 spiro atoms. The highest BCUT2D eigenvalue weighted by Crippen LogP contribution is 2.30. The fourth-order valence-corrected chi connectivity index (χ4v) is 3.42. The predicted molar refractivity (Wildman–Crippen MR) is 132 cm³/mol. The molecule has 8 nitrogen and oxygen atoms in total. The number of nitrogens with one attached hydrogen (secondary N) is 3. The van der Waals surface area contributed by atoms with E-state index < -0.39 is 0 Å². The zero-order chi connectivity index (χ0) is 23.4. The van der Waals surface area contributed by atoms with Gasteiger partial charge in [0.1, 0.15) is 0 Å². The number of benzene rings is 2. The van der Waals surface area contributed by atoms with Crippen LogP contribution in [0.5, 0.6) is 0 Å². The highest BCUT2D eigenvalue weighted by molar-refractivity contribution is 6.04. The number of amides is 1. The lowest BCUT2D eigenvalue weighted by Crippen LogP contribution is -2.20. The van der Waals surface area contributed by atoms with Crippen molar-refractivity contribution in [3.05, 3.63) is 85.0 Å². The summed E-state index contributed by atoms with van der Waals surface area (Å²) >= 11 is 0. The van der Waals surface area contributed by atoms with Crippen LogP contribution in [0, 0.1) is 5.92 Å². The van der Waals surface area contributed by atoms with Gasteiger partial charge in [0, 0.05) is 29.9 Å². The lowest BCUT2D eigenvalue weighted by atomic mass is 10.1. The number of nitrogen functional groups attached to an aromatic ring is 1. The first kappa shape index (κ1) is 21.9. The minimum atomic E-state index is -0.235. The van der Waals surface area contributed by atoms with Crippen molar-refractivity contribution in [1.29, 1.82) is 0 Å². The third-order valence-corrected chi connectivity index (χ3v) is 5.12. The van der Waals surface area contributed by atoms with Crippen LogP contribution in [-0.2, 0) is 0 Å². The molecular weight excluding hydrogens is 414 g/mol. The Kier molecular flexibility index (Phi) is 6.26. The molecule has 0 aliphatic rings. The summed E-state index contributed by atoms with van der Waals surface area (Å²) in [7, 11) is 0. The largest absolute Gasteiger partial charge is 0.397 e. The number of hydrogen-bond acceptors (Lipinski definition) is 5. The van der Waals surface area contributed by atoms with Gasteiger partial charge in [0.25, 0.3) is 5.91 Å². The van der Waals surface area contributed by atoms with Gasteiger partial charge in [-0.2, -0.15) is 5.10 Å². The van der Waals surface area contributed by atoms with Crippen molar-refractivity contribution in [1.82, 2.24) is 25.1 Å². The van der Waals surface area contributed by atoms with Crippen molar-refractivity contribution in [2.45, 2.75) is 13.8 Å². The quantitative estimate of drug-likeness (QED) is 0.304. The Hall–Kier alpha value is -4.33. The minimum Gasteiger partial charge on any atom is -0.397 e. The monoisotopic (exact) mass is 441 g/mol. The summed E-state index contributed by atoms with van der Waals surface area (Å²) in [4.78, 5) is 17.1. The molecule has 0 unspecified atom stereocenters. The van der Waals surface area contributed by atoms with Crippen LogP contribution in [0.2, 0.25) is 0 Å². The Bertz CT molecular complexity index is 1250. The molecule has 0 atom stereocenters. The number of imidazole rings is 1. The average molecular weight is 442 g/mol. The fourth-order valence-electron chi connectivity index (χ4n) is 3.42. The van der Waals surface area contributed by atoms with Gasteiger partial charge in [0.05, 0.1) is 29.0 Å². The molecular formula is C25H27N7O. The molecule has 2 aromatic heterocycles. The third-order valence-electron chi connectivity index (χ3n) is 5.12. The third kappa shape index (κ3) is 4.79. The molecule has 0 bridgehead atoms. The maximum atomic E-state index is 12.5. The number of anilines is 2. The van der Waals surface area contributed by atoms with Gasteiger partial charge in [0.2, 0.25) is 0 Å². The van der Waals surface area contributed by atoms with E-state index in [0.717, 1.165) is 23.5 Å². The number of carbonyl (C=O) groups is 1. The van der Waals surface area contributed by atoms with Gasteiger partial charge in [-0.3, -0.25) is 14.5 Å². The number of carbonyl (C=O) groups excluding carboxylic acids is 1. The first-order valence-corrected chi connectivity index (χ1v) is 10.7. The molecule has 5 N–H and O–H groups in total. The zero-order valence-electron chi connectivity index (χ0n) is 18.7. The molecule has 2 heterocycles. The van der Waals surface area contributed by atoms with E-state index in [-0.39, 0.29) is 5.91 Å². The highest BCUT2D eigenvalue weighted by atomic mass is 16.1. The maximum Gasteiger partial charge on any atom is 0.256 e. The second kappa shape index (κ2) is 9.44. The van der Waals surface area contributed by atoms with E-state index in [2.05, 4.69) is 46.2 Å². The molecule has 0 radical (unpaired) electrons. The number of aromatic nitrogens is 4. The molecule has 4 aromatic rings. The second-order valence-corrected chi connectivity index (χ2v) is 8.11. The molecule has 0 aliphatic heterocycles. The van der Waals surface area contributed by atoms with Crippen molar-refractivity contribution < 1.29 is 4.79 Å². The number of para-hydroxylation sites is 2. The van der Waals surface area contributed by atoms with E-state index in [4.69, 9.17) is 5.73 Å². The van der Waals surface area contributed by atoms with Crippen LogP contribution >= 0.6 is 0 Å². The van der Waals surface area contributed by atoms with Crippen LogP contribution in [0.25, 0.3) is 22.6 Å². The first-order valence-electron chi connectivity index (χ1n) is 10.7. The Morgan fingerprint density at radius 1 is 1.15 bits per heavy atom. The summed E-state index contributed by atoms with van der Waals surface area (Å²) in [5, 5.41) is 12.7. The molecule has 0 saturated heterocycles. The Labute approximate surface area is 192 Å². The second-order valence-electron chi connectivity index (χ2n) is 8.11. The fraction of sp³-hybridized carbons (Fsp3) is 0.160. The zero-order valence-corrected chi connectivity index (χ0v) is 18.7. The maximum absolute atomic E-state index is 12.5. The van der Waals surface area contributed by atoms with Gasteiger partial charge >= 0.3 is 0 Å². The van der Waals surface area contributed by atoms with Crippen molar-refractivity contribution in [2.75, 3.05) is 17.6 Å². The number of H-pyrrole nitrogens is 1. The van der Waals surface area contributed by atoms with Crippen LogP contribution in [0.3, 0.4) is 0 Å². The molecule has 2 aromatic carbocycles. The van der Waals surface area contributed by atoms with Gasteiger partial charge in [-0.1, -0.05) is 44.7 Å². The van der Waals surface area contributed by atoms with E-state index in [1.54, 1.807) is 30.6 Å². The van der Waals surface area contributed by atoms with Crippen molar-refractivity contribution >= 4 is 23.1 Å². The van der Waals surface area contributed by atoms with Crippen LogP contribution < -0.4 is 16.4 Å². The molecule has 1 amide bonds. The minimum absolute atomic E-state index is 0.235. The summed E-state index contributed by atoms with van der Waals surface area (Å²) in [6, 6.07) is 16.7. The van der Waals surface area contributed by atoms with Gasteiger partial charge in [0.15, 0.2) is 11.6 Å². The highest BCUT2D eigenvalue weighted by Gasteiger charge is 2.18. The Morgan fingerprint density at radius 3 is 2.58 bits per heavy atom. The molecule has 0 fully saturated rings. The summed E-state index contributed by atoms with van der Waals surface area (Å²) in [5.74, 6) is 1.38.